The lowest BCUT2D eigenvalue weighted by Crippen LogP contribution is -2.28. The molecule has 0 saturated carbocycles. The van der Waals surface area contributed by atoms with Gasteiger partial charge in [-0.15, -0.1) is 5.10 Å². The van der Waals surface area contributed by atoms with Crippen LogP contribution in [-0.2, 0) is 10.1 Å². The highest BCUT2D eigenvalue weighted by Gasteiger charge is 2.24. The van der Waals surface area contributed by atoms with Gasteiger partial charge < -0.3 is 5.73 Å². The van der Waals surface area contributed by atoms with Gasteiger partial charge in [-0.1, -0.05) is 10.5 Å². The van der Waals surface area contributed by atoms with Crippen LogP contribution in [0.1, 0.15) is 5.56 Å². The lowest BCUT2D eigenvalue weighted by Gasteiger charge is -2.18. The van der Waals surface area contributed by atoms with Crippen molar-refractivity contribution in [3.05, 3.63) is 29.7 Å². The molecule has 0 spiro atoms. The zero-order chi connectivity index (χ0) is 14.2. The second kappa shape index (κ2) is 4.48. The van der Waals surface area contributed by atoms with E-state index >= 15 is 0 Å². The number of hydrazine groups is 1. The number of hydrogen-bond donors (Lipinski definition) is 3. The minimum absolute atomic E-state index is 0.110. The maximum Gasteiger partial charge on any atom is 0.295 e. The fraction of sp³-hybridized carbons (Fsp3) is 0. The van der Waals surface area contributed by atoms with Crippen LogP contribution in [0.2, 0.25) is 0 Å². The third kappa shape index (κ3) is 2.48. The van der Waals surface area contributed by atoms with Gasteiger partial charge in [0.1, 0.15) is 4.90 Å². The molecule has 19 heavy (non-hydrogen) atoms. The summed E-state index contributed by atoms with van der Waals surface area (Å²) >= 11 is 0. The number of allylic oxidation sites excluding steroid dienone is 1. The van der Waals surface area contributed by atoms with Crippen molar-refractivity contribution >= 4 is 27.6 Å². The van der Waals surface area contributed by atoms with E-state index < -0.39 is 26.3 Å². The highest BCUT2D eigenvalue weighted by atomic mass is 32.2. The van der Waals surface area contributed by atoms with E-state index in [1.54, 1.807) is 5.43 Å². The summed E-state index contributed by atoms with van der Waals surface area (Å²) in [6.07, 6.45) is 0.742. The van der Waals surface area contributed by atoms with Crippen LogP contribution in [0, 0.1) is 0 Å². The van der Waals surface area contributed by atoms with Crippen LogP contribution in [0.4, 0.5) is 14.6 Å². The summed E-state index contributed by atoms with van der Waals surface area (Å²) in [6, 6.07) is 3.62. The van der Waals surface area contributed by atoms with Gasteiger partial charge in [-0.2, -0.15) is 12.8 Å². The van der Waals surface area contributed by atoms with E-state index in [4.69, 9.17) is 10.3 Å². The number of nitrogens with zero attached hydrogens (tertiary/aromatic N) is 2. The molecule has 0 unspecified atom stereocenters. The topological polar surface area (TPSA) is 108 Å². The Morgan fingerprint density at radius 2 is 2.11 bits per heavy atom. The zero-order valence-corrected chi connectivity index (χ0v) is 10.0. The van der Waals surface area contributed by atoms with Crippen molar-refractivity contribution in [2.75, 3.05) is 5.73 Å². The summed E-state index contributed by atoms with van der Waals surface area (Å²) in [7, 11) is -4.62. The molecule has 102 valence electrons. The minimum Gasteiger partial charge on any atom is -0.398 e. The van der Waals surface area contributed by atoms with Crippen molar-refractivity contribution < 1.29 is 21.8 Å². The minimum atomic E-state index is -4.62. The lowest BCUT2D eigenvalue weighted by atomic mass is 10.1. The molecule has 0 bridgehead atoms. The fourth-order valence-electron chi connectivity index (χ4n) is 1.56. The zero-order valence-electron chi connectivity index (χ0n) is 9.21. The average Bonchev–Trinajstić information content (AvgIpc) is 2.28. The second-order valence-corrected chi connectivity index (χ2v) is 4.93. The molecule has 2 rings (SSSR count). The monoisotopic (exact) mass is 290 g/mol. The van der Waals surface area contributed by atoms with Gasteiger partial charge in [0.25, 0.3) is 10.1 Å². The number of nitrogens with two attached hydrogens (primary N) is 1. The first kappa shape index (κ1) is 13.2. The van der Waals surface area contributed by atoms with E-state index in [-0.39, 0.29) is 16.8 Å². The summed E-state index contributed by atoms with van der Waals surface area (Å²) in [4.78, 5) is -0.599. The molecule has 1 heterocycles. The number of anilines is 1. The lowest BCUT2D eigenvalue weighted by molar-refractivity contribution is -0.0258. The molecule has 0 amide bonds. The smallest absolute Gasteiger partial charge is 0.295 e. The molecule has 1 aliphatic rings. The molecule has 4 N–H and O–H groups in total. The molecular formula is C9H8F2N4O3S. The fourth-order valence-corrected chi connectivity index (χ4v) is 2.30. The number of nitrogen functional groups attached to an aromatic ring is 1. The van der Waals surface area contributed by atoms with Gasteiger partial charge >= 0.3 is 0 Å². The highest BCUT2D eigenvalue weighted by molar-refractivity contribution is 7.86. The number of hydrazone groups is 1. The average molecular weight is 290 g/mol. The SMILES string of the molecule is Nc1cccc(S(=O)(=O)O)c1C1=C(F)NN(F)N=C1. The first-order valence-corrected chi connectivity index (χ1v) is 6.27. The molecule has 1 aromatic rings. The maximum absolute atomic E-state index is 13.6. The van der Waals surface area contributed by atoms with Crippen molar-refractivity contribution in [3.63, 3.8) is 0 Å². The Balaban J connectivity index is 2.71. The number of rotatable bonds is 2. The molecule has 1 aromatic carbocycles. The van der Waals surface area contributed by atoms with Crippen molar-refractivity contribution in [1.82, 2.24) is 10.8 Å². The van der Waals surface area contributed by atoms with Gasteiger partial charge in [-0.3, -0.25) is 4.55 Å². The Morgan fingerprint density at radius 1 is 1.42 bits per heavy atom. The Kier molecular flexibility index (Phi) is 3.12. The van der Waals surface area contributed by atoms with Gasteiger partial charge in [0.2, 0.25) is 5.95 Å². The third-order valence-electron chi connectivity index (χ3n) is 2.32. The van der Waals surface area contributed by atoms with Gasteiger partial charge in [-0.05, 0) is 17.5 Å². The quantitative estimate of drug-likeness (QED) is 0.322. The van der Waals surface area contributed by atoms with E-state index in [9.17, 15) is 17.3 Å². The second-order valence-electron chi connectivity index (χ2n) is 3.54. The normalized spacial score (nSPS) is 15.6. The largest absolute Gasteiger partial charge is 0.398 e. The summed E-state index contributed by atoms with van der Waals surface area (Å²) < 4.78 is 57.7. The molecule has 0 aromatic heterocycles. The summed E-state index contributed by atoms with van der Waals surface area (Å²) in [5.41, 5.74) is 6.36. The molecule has 7 nitrogen and oxygen atoms in total. The molecule has 0 saturated heterocycles. The highest BCUT2D eigenvalue weighted by Crippen LogP contribution is 2.31. The van der Waals surface area contributed by atoms with Crippen LogP contribution in [0.3, 0.4) is 0 Å². The van der Waals surface area contributed by atoms with E-state index in [0.29, 0.717) is 0 Å². The predicted molar refractivity (Wildman–Crippen MR) is 63.3 cm³/mol. The Hall–Kier alpha value is -2.20. The van der Waals surface area contributed by atoms with Crippen LogP contribution in [0.25, 0.3) is 5.57 Å². The molecule has 1 aliphatic heterocycles. The summed E-state index contributed by atoms with van der Waals surface area (Å²) in [6.45, 7) is 0. The predicted octanol–water partition coefficient (Wildman–Crippen LogP) is 0.844. The van der Waals surface area contributed by atoms with Crippen molar-refractivity contribution in [2.45, 2.75) is 4.90 Å². The molecule has 0 radical (unpaired) electrons. The van der Waals surface area contributed by atoms with Crippen LogP contribution >= 0.6 is 0 Å². The van der Waals surface area contributed by atoms with Crippen molar-refractivity contribution in [1.29, 1.82) is 0 Å². The number of benzene rings is 1. The summed E-state index contributed by atoms with van der Waals surface area (Å²) in [5, 5.41) is 2.71. The first-order chi connectivity index (χ1) is 8.80. The van der Waals surface area contributed by atoms with Gasteiger partial charge in [0.15, 0.2) is 0 Å². The molecule has 0 atom stereocenters. The number of hydrogen-bond acceptors (Lipinski definition) is 6. The third-order valence-corrected chi connectivity index (χ3v) is 3.22. The first-order valence-electron chi connectivity index (χ1n) is 4.83. The Labute approximate surface area is 106 Å². The van der Waals surface area contributed by atoms with E-state index in [2.05, 4.69) is 5.10 Å². The Bertz CT molecular complexity index is 687. The molecule has 0 aliphatic carbocycles. The van der Waals surface area contributed by atoms with E-state index in [1.165, 1.54) is 12.1 Å². The number of nitrogens with one attached hydrogen (secondary N) is 1. The molecule has 0 fully saturated rings. The van der Waals surface area contributed by atoms with Crippen LogP contribution in [-0.4, -0.2) is 24.5 Å². The van der Waals surface area contributed by atoms with E-state index in [0.717, 1.165) is 12.3 Å². The van der Waals surface area contributed by atoms with Crippen LogP contribution in [0.15, 0.2) is 34.1 Å². The molecule has 10 heteroatoms. The number of halogens is 2. The standard InChI is InChI=1S/C9H8F2N4O3S/c10-9-5(4-13-15(11)14-9)8-6(12)2-1-3-7(8)19(16,17)18/h1-4,14H,12H2,(H,16,17,18). The van der Waals surface area contributed by atoms with E-state index in [1.807, 2.05) is 0 Å². The maximum atomic E-state index is 13.6. The molecular weight excluding hydrogens is 282 g/mol. The van der Waals surface area contributed by atoms with Crippen molar-refractivity contribution in [3.8, 4) is 0 Å². The van der Waals surface area contributed by atoms with Crippen LogP contribution < -0.4 is 11.2 Å². The van der Waals surface area contributed by atoms with Gasteiger partial charge in [0, 0.05) is 11.3 Å². The van der Waals surface area contributed by atoms with Gasteiger partial charge in [-0.25, -0.2) is 5.43 Å². The van der Waals surface area contributed by atoms with Crippen LogP contribution in [0.5, 0.6) is 0 Å². The Morgan fingerprint density at radius 3 is 2.68 bits per heavy atom. The van der Waals surface area contributed by atoms with Gasteiger partial charge in [0.05, 0.1) is 11.8 Å². The summed E-state index contributed by atoms with van der Waals surface area (Å²) in [5.74, 6) is -1.19. The van der Waals surface area contributed by atoms with Crippen molar-refractivity contribution in [2.24, 2.45) is 5.10 Å².